The molecule has 36 heavy (non-hydrogen) atoms. The predicted molar refractivity (Wildman–Crippen MR) is 148 cm³/mol. The predicted octanol–water partition coefficient (Wildman–Crippen LogP) is 8.73. The maximum absolute atomic E-state index is 10.2. The first-order valence-electron chi connectivity index (χ1n) is 15.1. The Balaban J connectivity index is 0.000000392. The van der Waals surface area contributed by atoms with Gasteiger partial charge in [-0.1, -0.05) is 79.4 Å². The highest BCUT2D eigenvalue weighted by molar-refractivity contribution is 5.56. The normalized spacial score (nSPS) is 38.3. The van der Waals surface area contributed by atoms with Crippen LogP contribution >= 0.6 is 0 Å². The van der Waals surface area contributed by atoms with Crippen molar-refractivity contribution in [2.45, 2.75) is 125 Å². The average molecular weight is 505 g/mol. The molecule has 4 rings (SSSR count). The second kappa shape index (κ2) is 12.2. The quantitative estimate of drug-likeness (QED) is 0.269. The van der Waals surface area contributed by atoms with Crippen molar-refractivity contribution in [3.63, 3.8) is 0 Å². The maximum Gasteiger partial charge on any atom is 0.505 e. The lowest BCUT2D eigenvalue weighted by molar-refractivity contribution is -0.0573. The van der Waals surface area contributed by atoms with Crippen LogP contribution in [-0.2, 0) is 4.74 Å². The number of rotatable bonds is 7. The summed E-state index contributed by atoms with van der Waals surface area (Å²) in [6.07, 6.45) is 16.0. The van der Waals surface area contributed by atoms with Crippen LogP contribution in [0.15, 0.2) is 11.6 Å². The number of aliphatic hydroxyl groups excluding tert-OH is 1. The van der Waals surface area contributed by atoms with Crippen LogP contribution in [0, 0.1) is 52.3 Å². The van der Waals surface area contributed by atoms with E-state index in [0.717, 1.165) is 48.3 Å². The van der Waals surface area contributed by atoms with Gasteiger partial charge in [0, 0.05) is 0 Å². The number of aliphatic hydroxyl groups is 1. The smallest absolute Gasteiger partial charge is 0.450 e. The van der Waals surface area contributed by atoms with Gasteiger partial charge in [-0.05, 0) is 104 Å². The molecule has 0 aromatic rings. The van der Waals surface area contributed by atoms with Gasteiger partial charge in [0.05, 0.1) is 12.7 Å². The van der Waals surface area contributed by atoms with Gasteiger partial charge in [-0.3, -0.25) is 0 Å². The molecule has 0 unspecified atom stereocenters. The van der Waals surface area contributed by atoms with Gasteiger partial charge in [0.15, 0.2) is 0 Å². The molecule has 4 heteroatoms. The summed E-state index contributed by atoms with van der Waals surface area (Å²) in [7, 11) is 0. The highest BCUT2D eigenvalue weighted by Gasteiger charge is 2.59. The second-order valence-corrected chi connectivity index (χ2v) is 14.2. The molecule has 0 aromatic heterocycles. The van der Waals surface area contributed by atoms with Gasteiger partial charge < -0.3 is 14.9 Å². The Hall–Kier alpha value is -1.03. The van der Waals surface area contributed by atoms with Crippen molar-refractivity contribution in [2.24, 2.45) is 52.3 Å². The number of hydrogen-bond donors (Lipinski definition) is 2. The van der Waals surface area contributed by atoms with Crippen LogP contribution in [0.5, 0.6) is 0 Å². The minimum Gasteiger partial charge on any atom is -0.450 e. The van der Waals surface area contributed by atoms with Gasteiger partial charge in [0.25, 0.3) is 0 Å². The van der Waals surface area contributed by atoms with Crippen molar-refractivity contribution in [1.29, 1.82) is 0 Å². The van der Waals surface area contributed by atoms with Gasteiger partial charge in [0.1, 0.15) is 0 Å². The topological polar surface area (TPSA) is 66.8 Å². The third kappa shape index (κ3) is 6.51. The monoisotopic (exact) mass is 504 g/mol. The SMILES string of the molecule is CC(C)CCC[C@@H](C)[C@H]1CC[C@H]2[C@@H]3CC=C4C[C@@H](O)CC[C@]4(C)[C@H]3CC[C@]12C.CC(C)COC(=O)O. The third-order valence-electron chi connectivity index (χ3n) is 10.8. The van der Waals surface area contributed by atoms with Crippen molar-refractivity contribution >= 4 is 6.16 Å². The summed E-state index contributed by atoms with van der Waals surface area (Å²) in [4.78, 5) is 9.68. The van der Waals surface area contributed by atoms with E-state index in [2.05, 4.69) is 45.4 Å². The summed E-state index contributed by atoms with van der Waals surface area (Å²) in [6, 6.07) is 0. The molecule has 0 saturated heterocycles. The lowest BCUT2D eigenvalue weighted by Crippen LogP contribution is -2.50. The molecule has 8 atom stereocenters. The van der Waals surface area contributed by atoms with E-state index in [-0.39, 0.29) is 18.6 Å². The van der Waals surface area contributed by atoms with Crippen molar-refractivity contribution in [3.8, 4) is 0 Å². The molecule has 4 nitrogen and oxygen atoms in total. The summed E-state index contributed by atoms with van der Waals surface area (Å²) in [5, 5.41) is 18.1. The van der Waals surface area contributed by atoms with Crippen LogP contribution in [0.3, 0.4) is 0 Å². The fourth-order valence-electron chi connectivity index (χ4n) is 8.90. The molecule has 0 radical (unpaired) electrons. The first kappa shape index (κ1) is 29.5. The fraction of sp³-hybridized carbons (Fsp3) is 0.906. The molecule has 4 aliphatic carbocycles. The first-order chi connectivity index (χ1) is 16.9. The number of ether oxygens (including phenoxy) is 1. The van der Waals surface area contributed by atoms with Crippen molar-refractivity contribution in [2.75, 3.05) is 6.61 Å². The van der Waals surface area contributed by atoms with E-state index in [9.17, 15) is 9.90 Å². The van der Waals surface area contributed by atoms with Crippen LogP contribution in [0.4, 0.5) is 4.79 Å². The van der Waals surface area contributed by atoms with E-state index < -0.39 is 6.16 Å². The maximum atomic E-state index is 10.2. The lowest BCUT2D eigenvalue weighted by Gasteiger charge is -2.58. The number of carboxylic acid groups (broad SMARTS) is 1. The summed E-state index contributed by atoms with van der Waals surface area (Å²) in [6.45, 7) is 16.6. The molecule has 3 fully saturated rings. The van der Waals surface area contributed by atoms with E-state index >= 15 is 0 Å². The standard InChI is InChI=1S/C27H46O.C5H10O3/c1-18(2)7-6-8-19(3)23-11-12-24-22-10-9-20-17-21(28)13-15-26(20,4)25(22)14-16-27(23,24)5;1-4(2)3-8-5(6)7/h9,18-19,21-25,28H,6-8,10-17H2,1-5H3;4H,3H2,1-2H3,(H,6,7)/t19-,21+,22+,23-,24+,25+,26+,27-;/m1./s1. The molecule has 0 aliphatic heterocycles. The van der Waals surface area contributed by atoms with Crippen LogP contribution in [-0.4, -0.2) is 29.1 Å². The largest absolute Gasteiger partial charge is 0.505 e. The molecule has 0 bridgehead atoms. The number of allylic oxidation sites excluding steroid dienone is 1. The Kier molecular flexibility index (Phi) is 10.0. The Morgan fingerprint density at radius 3 is 2.33 bits per heavy atom. The highest BCUT2D eigenvalue weighted by Crippen LogP contribution is 2.67. The van der Waals surface area contributed by atoms with Crippen molar-refractivity contribution < 1.29 is 19.7 Å². The van der Waals surface area contributed by atoms with Crippen LogP contribution in [0.25, 0.3) is 0 Å². The fourth-order valence-corrected chi connectivity index (χ4v) is 8.90. The zero-order valence-corrected chi connectivity index (χ0v) is 24.4. The van der Waals surface area contributed by atoms with Crippen molar-refractivity contribution in [1.82, 2.24) is 0 Å². The van der Waals surface area contributed by atoms with Crippen LogP contribution in [0.1, 0.15) is 119 Å². The van der Waals surface area contributed by atoms with Gasteiger partial charge >= 0.3 is 6.16 Å². The number of hydrogen-bond acceptors (Lipinski definition) is 3. The molecule has 0 amide bonds. The molecule has 2 N–H and O–H groups in total. The zero-order chi connectivity index (χ0) is 26.7. The summed E-state index contributed by atoms with van der Waals surface area (Å²) >= 11 is 0. The highest BCUT2D eigenvalue weighted by atomic mass is 16.7. The number of carbonyl (C=O) groups is 1. The van der Waals surface area contributed by atoms with Crippen LogP contribution in [0.2, 0.25) is 0 Å². The molecule has 0 heterocycles. The first-order valence-corrected chi connectivity index (χ1v) is 15.1. The Morgan fingerprint density at radius 1 is 1.00 bits per heavy atom. The molecule has 0 aromatic carbocycles. The van der Waals surface area contributed by atoms with Gasteiger partial charge in [0.2, 0.25) is 0 Å². The summed E-state index contributed by atoms with van der Waals surface area (Å²) in [5.41, 5.74) is 2.60. The second-order valence-electron chi connectivity index (χ2n) is 14.2. The minimum atomic E-state index is -1.20. The van der Waals surface area contributed by atoms with Gasteiger partial charge in [-0.15, -0.1) is 0 Å². The third-order valence-corrected chi connectivity index (χ3v) is 10.8. The molecule has 3 saturated carbocycles. The van der Waals surface area contributed by atoms with Gasteiger partial charge in [-0.25, -0.2) is 4.79 Å². The lowest BCUT2D eigenvalue weighted by atomic mass is 9.47. The van der Waals surface area contributed by atoms with E-state index in [0.29, 0.717) is 10.8 Å². The summed E-state index contributed by atoms with van der Waals surface area (Å²) < 4.78 is 4.22. The van der Waals surface area contributed by atoms with E-state index in [1.807, 2.05) is 13.8 Å². The molecule has 4 aliphatic rings. The summed E-state index contributed by atoms with van der Waals surface area (Å²) in [5.74, 6) is 5.74. The Labute approximate surface area is 221 Å². The Bertz CT molecular complexity index is 757. The molecular weight excluding hydrogens is 448 g/mol. The van der Waals surface area contributed by atoms with E-state index in [1.165, 1.54) is 57.8 Å². The van der Waals surface area contributed by atoms with E-state index in [4.69, 9.17) is 5.11 Å². The molecule has 0 spiro atoms. The Morgan fingerprint density at radius 2 is 1.72 bits per heavy atom. The minimum absolute atomic E-state index is 0.0766. The van der Waals surface area contributed by atoms with Crippen LogP contribution < -0.4 is 0 Å². The van der Waals surface area contributed by atoms with E-state index in [1.54, 1.807) is 5.57 Å². The van der Waals surface area contributed by atoms with Crippen molar-refractivity contribution in [3.05, 3.63) is 11.6 Å². The average Bonchev–Trinajstić information content (AvgIpc) is 3.15. The zero-order valence-electron chi connectivity index (χ0n) is 24.4. The molecule has 208 valence electrons. The molecular formula is C32H56O4. The van der Waals surface area contributed by atoms with Gasteiger partial charge in [-0.2, -0.15) is 0 Å². The number of fused-ring (bicyclic) bond motifs is 5.